The molecule has 21 heavy (non-hydrogen) atoms. The van der Waals surface area contributed by atoms with E-state index in [1.54, 1.807) is 0 Å². The molecule has 1 saturated heterocycles. The number of aryl methyl sites for hydroxylation is 1. The lowest BCUT2D eigenvalue weighted by Gasteiger charge is -2.27. The van der Waals surface area contributed by atoms with Crippen molar-refractivity contribution in [2.75, 3.05) is 0 Å². The molecule has 2 aliphatic heterocycles. The van der Waals surface area contributed by atoms with Gasteiger partial charge in [-0.3, -0.25) is 4.79 Å². The van der Waals surface area contributed by atoms with Crippen molar-refractivity contribution in [2.45, 2.75) is 51.2 Å². The highest BCUT2D eigenvalue weighted by Gasteiger charge is 2.41. The van der Waals surface area contributed by atoms with E-state index in [4.69, 9.17) is 0 Å². The van der Waals surface area contributed by atoms with Gasteiger partial charge in [0.05, 0.1) is 10.9 Å². The summed E-state index contributed by atoms with van der Waals surface area (Å²) in [4.78, 5) is 15.8. The number of hydrogen-bond acceptors (Lipinski definition) is 4. The summed E-state index contributed by atoms with van der Waals surface area (Å²) in [5, 5.41) is 10.6. The Morgan fingerprint density at radius 1 is 1.38 bits per heavy atom. The summed E-state index contributed by atoms with van der Waals surface area (Å²) in [5.41, 5.74) is 0. The molecule has 2 atom stereocenters. The normalized spacial score (nSPS) is 24.0. The van der Waals surface area contributed by atoms with Gasteiger partial charge in [0.15, 0.2) is 0 Å². The van der Waals surface area contributed by atoms with Gasteiger partial charge in [0.25, 0.3) is 5.91 Å². The van der Waals surface area contributed by atoms with Gasteiger partial charge in [0.1, 0.15) is 11.6 Å². The maximum atomic E-state index is 12.8. The molecular formula is C15H18N4OS. The Kier molecular flexibility index (Phi) is 3.06. The summed E-state index contributed by atoms with van der Waals surface area (Å²) in [6, 6.07) is 4.43. The molecule has 6 heteroatoms. The van der Waals surface area contributed by atoms with E-state index >= 15 is 0 Å². The van der Waals surface area contributed by atoms with Crippen LogP contribution in [-0.2, 0) is 19.4 Å². The molecule has 4 heterocycles. The summed E-state index contributed by atoms with van der Waals surface area (Å²) in [7, 11) is 0. The number of fused-ring (bicyclic) bond motifs is 3. The monoisotopic (exact) mass is 302 g/mol. The molecule has 5 nitrogen and oxygen atoms in total. The van der Waals surface area contributed by atoms with Crippen molar-refractivity contribution in [2.24, 2.45) is 0 Å². The van der Waals surface area contributed by atoms with Crippen molar-refractivity contribution in [3.8, 4) is 0 Å². The number of nitrogens with zero attached hydrogens (tertiary/aromatic N) is 4. The van der Waals surface area contributed by atoms with Crippen LogP contribution < -0.4 is 0 Å². The lowest BCUT2D eigenvalue weighted by atomic mass is 10.1. The molecule has 2 bridgehead atoms. The van der Waals surface area contributed by atoms with Gasteiger partial charge in [-0.2, -0.15) is 0 Å². The van der Waals surface area contributed by atoms with Crippen LogP contribution in [0.25, 0.3) is 0 Å². The molecule has 1 amide bonds. The fourth-order valence-corrected chi connectivity index (χ4v) is 4.28. The molecule has 2 aromatic heterocycles. The van der Waals surface area contributed by atoms with Crippen molar-refractivity contribution in [3.63, 3.8) is 0 Å². The van der Waals surface area contributed by atoms with Crippen LogP contribution in [0.3, 0.4) is 0 Å². The van der Waals surface area contributed by atoms with Gasteiger partial charge in [-0.1, -0.05) is 13.0 Å². The Labute approximate surface area is 127 Å². The lowest BCUT2D eigenvalue weighted by Crippen LogP contribution is -2.41. The first-order chi connectivity index (χ1) is 10.3. The molecule has 0 spiro atoms. The standard InChI is InChI=1S/C15H18N4OS/c1-2-13-16-17-14-8-10-5-6-11(9-18(13)14)19(10)15(20)12-4-3-7-21-12/h3-4,7,10-11H,2,5-6,8-9H2,1H3/t10-,11+/m0/s1. The number of amides is 1. The van der Waals surface area contributed by atoms with Gasteiger partial charge in [-0.15, -0.1) is 21.5 Å². The van der Waals surface area contributed by atoms with Gasteiger partial charge in [0, 0.05) is 25.4 Å². The Bertz CT molecular complexity index is 663. The first-order valence-electron chi connectivity index (χ1n) is 7.55. The summed E-state index contributed by atoms with van der Waals surface area (Å²) >= 11 is 1.53. The molecule has 0 unspecified atom stereocenters. The minimum absolute atomic E-state index is 0.189. The van der Waals surface area contributed by atoms with Crippen molar-refractivity contribution in [3.05, 3.63) is 34.0 Å². The third kappa shape index (κ3) is 2.00. The van der Waals surface area contributed by atoms with Gasteiger partial charge in [-0.25, -0.2) is 0 Å². The molecule has 2 aliphatic rings. The highest BCUT2D eigenvalue weighted by molar-refractivity contribution is 7.12. The maximum Gasteiger partial charge on any atom is 0.264 e. The zero-order valence-corrected chi connectivity index (χ0v) is 12.8. The maximum absolute atomic E-state index is 12.8. The van der Waals surface area contributed by atoms with Crippen molar-refractivity contribution in [1.29, 1.82) is 0 Å². The molecule has 0 aromatic carbocycles. The van der Waals surface area contributed by atoms with E-state index in [1.165, 1.54) is 11.3 Å². The first kappa shape index (κ1) is 13.0. The second-order valence-electron chi connectivity index (χ2n) is 5.78. The highest BCUT2D eigenvalue weighted by atomic mass is 32.1. The second kappa shape index (κ2) is 4.94. The first-order valence-corrected chi connectivity index (χ1v) is 8.43. The molecule has 0 radical (unpaired) electrons. The summed E-state index contributed by atoms with van der Waals surface area (Å²) < 4.78 is 2.23. The SMILES string of the molecule is CCc1nnc2n1C[C@H]1CC[C@@H](C2)N1C(=O)c1cccs1. The van der Waals surface area contributed by atoms with Gasteiger partial charge < -0.3 is 9.47 Å². The van der Waals surface area contributed by atoms with Crippen molar-refractivity contribution >= 4 is 17.2 Å². The van der Waals surface area contributed by atoms with E-state index in [9.17, 15) is 4.79 Å². The van der Waals surface area contributed by atoms with Gasteiger partial charge in [-0.05, 0) is 24.3 Å². The molecule has 4 rings (SSSR count). The van der Waals surface area contributed by atoms with Crippen LogP contribution in [0.5, 0.6) is 0 Å². The number of aromatic nitrogens is 3. The van der Waals surface area contributed by atoms with E-state index in [0.717, 1.165) is 48.8 Å². The lowest BCUT2D eigenvalue weighted by molar-refractivity contribution is 0.0670. The van der Waals surface area contributed by atoms with E-state index in [2.05, 4.69) is 26.6 Å². The van der Waals surface area contributed by atoms with Crippen LogP contribution in [0.2, 0.25) is 0 Å². The number of thiophene rings is 1. The summed E-state index contributed by atoms with van der Waals surface area (Å²) in [6.07, 6.45) is 3.89. The summed E-state index contributed by atoms with van der Waals surface area (Å²) in [5.74, 6) is 2.28. The van der Waals surface area contributed by atoms with Crippen LogP contribution in [0.15, 0.2) is 17.5 Å². The predicted octanol–water partition coefficient (Wildman–Crippen LogP) is 2.13. The van der Waals surface area contributed by atoms with Crippen molar-refractivity contribution in [1.82, 2.24) is 19.7 Å². The number of carbonyl (C=O) groups is 1. The number of carbonyl (C=O) groups excluding carboxylic acids is 1. The quantitative estimate of drug-likeness (QED) is 0.854. The molecular weight excluding hydrogens is 284 g/mol. The smallest absolute Gasteiger partial charge is 0.264 e. The minimum atomic E-state index is 0.189. The van der Waals surface area contributed by atoms with Gasteiger partial charge in [0.2, 0.25) is 0 Å². The van der Waals surface area contributed by atoms with E-state index in [0.29, 0.717) is 0 Å². The molecule has 2 aromatic rings. The Morgan fingerprint density at radius 3 is 3.00 bits per heavy atom. The molecule has 1 fully saturated rings. The minimum Gasteiger partial charge on any atom is -0.330 e. The van der Waals surface area contributed by atoms with E-state index < -0.39 is 0 Å². The van der Waals surface area contributed by atoms with Gasteiger partial charge >= 0.3 is 0 Å². The average Bonchev–Trinajstić information content (AvgIpc) is 3.17. The van der Waals surface area contributed by atoms with Crippen LogP contribution >= 0.6 is 11.3 Å². The van der Waals surface area contributed by atoms with Crippen LogP contribution in [0.4, 0.5) is 0 Å². The Balaban J connectivity index is 1.68. The van der Waals surface area contributed by atoms with Crippen LogP contribution in [0, 0.1) is 0 Å². The average molecular weight is 302 g/mol. The third-order valence-electron chi connectivity index (χ3n) is 4.62. The molecule has 0 aliphatic carbocycles. The molecule has 110 valence electrons. The third-order valence-corrected chi connectivity index (χ3v) is 5.48. The highest BCUT2D eigenvalue weighted by Crippen LogP contribution is 2.33. The largest absolute Gasteiger partial charge is 0.330 e. The molecule has 0 saturated carbocycles. The van der Waals surface area contributed by atoms with E-state index in [1.807, 2.05) is 17.5 Å². The number of rotatable bonds is 2. The predicted molar refractivity (Wildman–Crippen MR) is 80.4 cm³/mol. The van der Waals surface area contributed by atoms with Crippen LogP contribution in [-0.4, -0.2) is 37.7 Å². The Hall–Kier alpha value is -1.69. The van der Waals surface area contributed by atoms with Crippen LogP contribution in [0.1, 0.15) is 41.1 Å². The fraction of sp³-hybridized carbons (Fsp3) is 0.533. The topological polar surface area (TPSA) is 51.0 Å². The summed E-state index contributed by atoms with van der Waals surface area (Å²) in [6.45, 7) is 2.95. The number of hydrogen-bond donors (Lipinski definition) is 0. The molecule has 0 N–H and O–H groups in total. The van der Waals surface area contributed by atoms with E-state index in [-0.39, 0.29) is 18.0 Å². The fourth-order valence-electron chi connectivity index (χ4n) is 3.62. The second-order valence-corrected chi connectivity index (χ2v) is 6.72. The zero-order valence-electron chi connectivity index (χ0n) is 12.0. The zero-order chi connectivity index (χ0) is 14.4. The Morgan fingerprint density at radius 2 is 2.24 bits per heavy atom. The van der Waals surface area contributed by atoms with Crippen molar-refractivity contribution < 1.29 is 4.79 Å².